The molecule has 5 heteroatoms. The van der Waals surface area contributed by atoms with Crippen molar-refractivity contribution in [1.29, 1.82) is 0 Å². The molecule has 1 unspecified atom stereocenters. The Morgan fingerprint density at radius 3 is 2.58 bits per heavy atom. The van der Waals surface area contributed by atoms with E-state index in [0.717, 1.165) is 42.7 Å². The lowest BCUT2D eigenvalue weighted by Crippen LogP contribution is -2.35. The van der Waals surface area contributed by atoms with Crippen molar-refractivity contribution >= 4 is 15.7 Å². The molecule has 0 saturated carbocycles. The summed E-state index contributed by atoms with van der Waals surface area (Å²) in [5, 5.41) is 3.25. The van der Waals surface area contributed by atoms with Gasteiger partial charge in [0.2, 0.25) is 10.0 Å². The van der Waals surface area contributed by atoms with E-state index < -0.39 is 10.0 Å². The number of hydrogen-bond donors (Lipinski definition) is 2. The van der Waals surface area contributed by atoms with Crippen LogP contribution in [0.5, 0.6) is 0 Å². The second-order valence-corrected chi connectivity index (χ2v) is 7.13. The van der Waals surface area contributed by atoms with E-state index in [2.05, 4.69) is 10.0 Å². The van der Waals surface area contributed by atoms with E-state index in [1.165, 1.54) is 0 Å². The molecule has 2 rings (SSSR count). The number of aryl methyl sites for hydroxylation is 2. The highest BCUT2D eigenvalue weighted by Crippen LogP contribution is 2.22. The second kappa shape index (κ2) is 5.92. The van der Waals surface area contributed by atoms with Crippen LogP contribution in [0.25, 0.3) is 0 Å². The van der Waals surface area contributed by atoms with Crippen LogP contribution in [0.1, 0.15) is 24.0 Å². The SMILES string of the molecule is Cc1cccc(C)c1NS(=O)(=O)CC1CCCNC1. The Morgan fingerprint density at radius 2 is 2.00 bits per heavy atom. The van der Waals surface area contributed by atoms with Crippen LogP contribution in [0.2, 0.25) is 0 Å². The van der Waals surface area contributed by atoms with Gasteiger partial charge in [-0.15, -0.1) is 0 Å². The van der Waals surface area contributed by atoms with Crippen LogP contribution in [0, 0.1) is 19.8 Å². The van der Waals surface area contributed by atoms with Crippen molar-refractivity contribution in [1.82, 2.24) is 5.32 Å². The van der Waals surface area contributed by atoms with Crippen molar-refractivity contribution < 1.29 is 8.42 Å². The van der Waals surface area contributed by atoms with Crippen LogP contribution in [0.15, 0.2) is 18.2 Å². The lowest BCUT2D eigenvalue weighted by Gasteiger charge is -2.23. The average Bonchev–Trinajstić information content (AvgIpc) is 2.35. The third kappa shape index (κ3) is 3.94. The molecule has 19 heavy (non-hydrogen) atoms. The predicted octanol–water partition coefficient (Wildman–Crippen LogP) is 2.04. The fourth-order valence-corrected chi connectivity index (χ4v) is 4.17. The van der Waals surface area contributed by atoms with Gasteiger partial charge in [0, 0.05) is 0 Å². The first-order chi connectivity index (χ1) is 8.98. The van der Waals surface area contributed by atoms with Gasteiger partial charge in [-0.1, -0.05) is 18.2 Å². The number of nitrogens with one attached hydrogen (secondary N) is 2. The van der Waals surface area contributed by atoms with E-state index in [0.29, 0.717) is 0 Å². The molecule has 1 aliphatic heterocycles. The van der Waals surface area contributed by atoms with Gasteiger partial charge in [0.25, 0.3) is 0 Å². The predicted molar refractivity (Wildman–Crippen MR) is 78.9 cm³/mol. The van der Waals surface area contributed by atoms with Crippen LogP contribution in [0.3, 0.4) is 0 Å². The van der Waals surface area contributed by atoms with Crippen LogP contribution in [-0.2, 0) is 10.0 Å². The van der Waals surface area contributed by atoms with Gasteiger partial charge in [0.15, 0.2) is 0 Å². The molecule has 0 amide bonds. The van der Waals surface area contributed by atoms with Crippen LogP contribution in [0.4, 0.5) is 5.69 Å². The molecule has 1 fully saturated rings. The highest BCUT2D eigenvalue weighted by molar-refractivity contribution is 7.92. The van der Waals surface area contributed by atoms with Gasteiger partial charge in [0.1, 0.15) is 0 Å². The Labute approximate surface area is 115 Å². The summed E-state index contributed by atoms with van der Waals surface area (Å²) >= 11 is 0. The maximum atomic E-state index is 12.2. The largest absolute Gasteiger partial charge is 0.316 e. The number of hydrogen-bond acceptors (Lipinski definition) is 3. The Hall–Kier alpha value is -1.07. The zero-order valence-corrected chi connectivity index (χ0v) is 12.4. The minimum atomic E-state index is -3.27. The summed E-state index contributed by atoms with van der Waals surface area (Å²) in [6.07, 6.45) is 2.05. The Kier molecular flexibility index (Phi) is 4.47. The summed E-state index contributed by atoms with van der Waals surface area (Å²) in [5.74, 6) is 0.420. The van der Waals surface area contributed by atoms with Gasteiger partial charge in [0.05, 0.1) is 11.4 Å². The number of rotatable bonds is 4. The number of sulfonamides is 1. The van der Waals surface area contributed by atoms with E-state index in [-0.39, 0.29) is 11.7 Å². The molecule has 0 spiro atoms. The first-order valence-corrected chi connectivity index (χ1v) is 8.40. The molecular formula is C14H22N2O2S. The van der Waals surface area contributed by atoms with Crippen molar-refractivity contribution in [3.8, 4) is 0 Å². The molecule has 106 valence electrons. The van der Waals surface area contributed by atoms with E-state index in [1.54, 1.807) is 0 Å². The smallest absolute Gasteiger partial charge is 0.233 e. The van der Waals surface area contributed by atoms with Gasteiger partial charge in [-0.05, 0) is 56.8 Å². The molecule has 1 aliphatic rings. The van der Waals surface area contributed by atoms with Crippen molar-refractivity contribution in [3.05, 3.63) is 29.3 Å². The second-order valence-electron chi connectivity index (χ2n) is 5.36. The molecule has 1 saturated heterocycles. The summed E-state index contributed by atoms with van der Waals surface area (Å²) in [6, 6.07) is 5.79. The molecule has 1 heterocycles. The van der Waals surface area contributed by atoms with Crippen LogP contribution < -0.4 is 10.0 Å². The van der Waals surface area contributed by atoms with Crippen LogP contribution in [-0.4, -0.2) is 27.3 Å². The molecule has 0 aromatic heterocycles. The lowest BCUT2D eigenvalue weighted by atomic mass is 10.0. The summed E-state index contributed by atoms with van der Waals surface area (Å²) in [5.41, 5.74) is 2.65. The maximum absolute atomic E-state index is 12.2. The molecular weight excluding hydrogens is 260 g/mol. The van der Waals surface area contributed by atoms with Crippen molar-refractivity contribution in [3.63, 3.8) is 0 Å². The first-order valence-electron chi connectivity index (χ1n) is 6.75. The first kappa shape index (κ1) is 14.3. The quantitative estimate of drug-likeness (QED) is 0.888. The average molecular weight is 282 g/mol. The Balaban J connectivity index is 2.08. The number of para-hydroxylation sites is 1. The van der Waals surface area contributed by atoms with E-state index in [1.807, 2.05) is 32.0 Å². The summed E-state index contributed by atoms with van der Waals surface area (Å²) in [6.45, 7) is 5.65. The maximum Gasteiger partial charge on any atom is 0.233 e. The normalized spacial score (nSPS) is 20.2. The summed E-state index contributed by atoms with van der Waals surface area (Å²) in [7, 11) is -3.27. The molecule has 0 bridgehead atoms. The van der Waals surface area contributed by atoms with E-state index in [4.69, 9.17) is 0 Å². The molecule has 1 aromatic rings. The lowest BCUT2D eigenvalue weighted by molar-refractivity contribution is 0.404. The topological polar surface area (TPSA) is 58.2 Å². The van der Waals surface area contributed by atoms with Gasteiger partial charge in [-0.2, -0.15) is 0 Å². The molecule has 0 radical (unpaired) electrons. The zero-order valence-electron chi connectivity index (χ0n) is 11.6. The minimum Gasteiger partial charge on any atom is -0.316 e. The molecule has 1 aromatic carbocycles. The number of benzene rings is 1. The molecule has 2 N–H and O–H groups in total. The van der Waals surface area contributed by atoms with E-state index >= 15 is 0 Å². The van der Waals surface area contributed by atoms with Gasteiger partial charge < -0.3 is 5.32 Å². The summed E-state index contributed by atoms with van der Waals surface area (Å²) < 4.78 is 27.2. The van der Waals surface area contributed by atoms with Gasteiger partial charge >= 0.3 is 0 Å². The molecule has 0 aliphatic carbocycles. The molecule has 1 atom stereocenters. The zero-order chi connectivity index (χ0) is 13.9. The third-order valence-corrected chi connectivity index (χ3v) is 5.02. The highest BCUT2D eigenvalue weighted by Gasteiger charge is 2.22. The van der Waals surface area contributed by atoms with E-state index in [9.17, 15) is 8.42 Å². The third-order valence-electron chi connectivity index (χ3n) is 3.59. The monoisotopic (exact) mass is 282 g/mol. The fourth-order valence-electron chi connectivity index (χ4n) is 2.55. The number of anilines is 1. The van der Waals surface area contributed by atoms with Crippen molar-refractivity contribution in [2.45, 2.75) is 26.7 Å². The highest BCUT2D eigenvalue weighted by atomic mass is 32.2. The minimum absolute atomic E-state index is 0.202. The van der Waals surface area contributed by atoms with Gasteiger partial charge in [-0.25, -0.2) is 8.42 Å². The number of piperidine rings is 1. The standard InChI is InChI=1S/C14H22N2O2S/c1-11-5-3-6-12(2)14(11)16-19(17,18)10-13-7-4-8-15-9-13/h3,5-6,13,15-16H,4,7-10H2,1-2H3. The van der Waals surface area contributed by atoms with Gasteiger partial charge in [-0.3, -0.25) is 4.72 Å². The fraction of sp³-hybridized carbons (Fsp3) is 0.571. The molecule has 4 nitrogen and oxygen atoms in total. The van der Waals surface area contributed by atoms with Crippen LogP contribution >= 0.6 is 0 Å². The van der Waals surface area contributed by atoms with Crippen molar-refractivity contribution in [2.24, 2.45) is 5.92 Å². The Morgan fingerprint density at radius 1 is 1.32 bits per heavy atom. The summed E-state index contributed by atoms with van der Waals surface area (Å²) in [4.78, 5) is 0. The van der Waals surface area contributed by atoms with Crippen molar-refractivity contribution in [2.75, 3.05) is 23.6 Å². The Bertz CT molecular complexity index is 514.